The highest BCUT2D eigenvalue weighted by Crippen LogP contribution is 2.26. The molecule has 2 nitrogen and oxygen atoms in total. The summed E-state index contributed by atoms with van der Waals surface area (Å²) in [6.45, 7) is 6.74. The molecule has 0 saturated heterocycles. The molecule has 0 aliphatic heterocycles. The average molecular weight is 248 g/mol. The van der Waals surface area contributed by atoms with Gasteiger partial charge in [0.05, 0.1) is 0 Å². The third kappa shape index (κ3) is 3.88. The summed E-state index contributed by atoms with van der Waals surface area (Å²) in [5.74, 6) is 0.900. The van der Waals surface area contributed by atoms with Crippen LogP contribution in [0.1, 0.15) is 57.9 Å². The highest BCUT2D eigenvalue weighted by atomic mass is 15.0. The minimum Gasteiger partial charge on any atom is -0.354 e. The second-order valence-corrected chi connectivity index (χ2v) is 5.83. The van der Waals surface area contributed by atoms with E-state index < -0.39 is 0 Å². The monoisotopic (exact) mass is 248 g/mol. The maximum Gasteiger partial charge on any atom is 0.0223 e. The molecule has 1 aromatic rings. The first-order valence-electron chi connectivity index (χ1n) is 7.67. The Morgan fingerprint density at radius 2 is 2.11 bits per heavy atom. The molecule has 1 aliphatic rings. The van der Waals surface area contributed by atoms with Crippen LogP contribution in [0, 0.1) is 5.92 Å². The molecule has 18 heavy (non-hydrogen) atoms. The van der Waals surface area contributed by atoms with E-state index in [0.29, 0.717) is 6.04 Å². The molecule has 2 heteroatoms. The van der Waals surface area contributed by atoms with E-state index in [0.717, 1.165) is 19.0 Å². The standard InChI is InChI=1S/C16H28N2/c1-3-10-18-11-9-15(13-18)12-17-14(2)16-7-5-4-6-8-16/h9,11,13-14,16-17H,3-8,10,12H2,1-2H3/t14-/m1/s1. The summed E-state index contributed by atoms with van der Waals surface area (Å²) in [5, 5.41) is 3.71. The summed E-state index contributed by atoms with van der Waals surface area (Å²) in [6, 6.07) is 2.91. The Labute approximate surface area is 112 Å². The number of nitrogens with zero attached hydrogens (tertiary/aromatic N) is 1. The number of aromatic nitrogens is 1. The summed E-state index contributed by atoms with van der Waals surface area (Å²) < 4.78 is 2.29. The second kappa shape index (κ2) is 6.98. The molecule has 1 N–H and O–H groups in total. The van der Waals surface area contributed by atoms with Gasteiger partial charge in [-0.15, -0.1) is 0 Å². The Balaban J connectivity index is 1.75. The Hall–Kier alpha value is -0.760. The molecule has 0 radical (unpaired) electrons. The Morgan fingerprint density at radius 3 is 2.83 bits per heavy atom. The van der Waals surface area contributed by atoms with E-state index in [2.05, 4.69) is 42.2 Å². The molecule has 0 spiro atoms. The van der Waals surface area contributed by atoms with Crippen molar-refractivity contribution in [3.63, 3.8) is 0 Å². The predicted octanol–water partition coefficient (Wildman–Crippen LogP) is 3.96. The normalized spacial score (nSPS) is 19.0. The minimum absolute atomic E-state index is 0.667. The summed E-state index contributed by atoms with van der Waals surface area (Å²) in [6.07, 6.45) is 12.8. The summed E-state index contributed by atoms with van der Waals surface area (Å²) in [5.41, 5.74) is 1.42. The van der Waals surface area contributed by atoms with E-state index in [1.54, 1.807) is 0 Å². The van der Waals surface area contributed by atoms with Crippen molar-refractivity contribution in [2.75, 3.05) is 0 Å². The van der Waals surface area contributed by atoms with Gasteiger partial charge in [-0.1, -0.05) is 26.2 Å². The zero-order chi connectivity index (χ0) is 12.8. The first-order chi connectivity index (χ1) is 8.79. The van der Waals surface area contributed by atoms with Gasteiger partial charge in [0.25, 0.3) is 0 Å². The van der Waals surface area contributed by atoms with Crippen LogP contribution in [0.2, 0.25) is 0 Å². The fraction of sp³-hybridized carbons (Fsp3) is 0.750. The Morgan fingerprint density at radius 1 is 1.33 bits per heavy atom. The molecule has 102 valence electrons. The molecule has 0 aromatic carbocycles. The lowest BCUT2D eigenvalue weighted by Crippen LogP contribution is -2.34. The summed E-state index contributed by atoms with van der Waals surface area (Å²) in [7, 11) is 0. The van der Waals surface area contributed by atoms with Crippen LogP contribution in [-0.4, -0.2) is 10.6 Å². The molecule has 1 atom stereocenters. The molecular weight excluding hydrogens is 220 g/mol. The van der Waals surface area contributed by atoms with Gasteiger partial charge in [-0.3, -0.25) is 0 Å². The van der Waals surface area contributed by atoms with Crippen molar-refractivity contribution >= 4 is 0 Å². The topological polar surface area (TPSA) is 17.0 Å². The lowest BCUT2D eigenvalue weighted by Gasteiger charge is -2.28. The van der Waals surface area contributed by atoms with Gasteiger partial charge in [-0.2, -0.15) is 0 Å². The van der Waals surface area contributed by atoms with Crippen LogP contribution in [0.25, 0.3) is 0 Å². The first kappa shape index (κ1) is 13.7. The van der Waals surface area contributed by atoms with Crippen LogP contribution >= 0.6 is 0 Å². The minimum atomic E-state index is 0.667. The largest absolute Gasteiger partial charge is 0.354 e. The summed E-state index contributed by atoms with van der Waals surface area (Å²) >= 11 is 0. The third-order valence-electron chi connectivity index (χ3n) is 4.28. The van der Waals surface area contributed by atoms with E-state index in [1.165, 1.54) is 44.1 Å². The predicted molar refractivity (Wildman–Crippen MR) is 77.6 cm³/mol. The molecular formula is C16H28N2. The fourth-order valence-electron chi connectivity index (χ4n) is 3.07. The molecule has 1 aliphatic carbocycles. The fourth-order valence-corrected chi connectivity index (χ4v) is 3.07. The van der Waals surface area contributed by atoms with Crippen LogP contribution in [0.15, 0.2) is 18.5 Å². The molecule has 0 bridgehead atoms. The van der Waals surface area contributed by atoms with Crippen molar-refractivity contribution in [1.82, 2.24) is 9.88 Å². The van der Waals surface area contributed by atoms with Crippen molar-refractivity contribution in [3.05, 3.63) is 24.0 Å². The van der Waals surface area contributed by atoms with E-state index in [1.807, 2.05) is 0 Å². The first-order valence-corrected chi connectivity index (χ1v) is 7.67. The van der Waals surface area contributed by atoms with E-state index >= 15 is 0 Å². The van der Waals surface area contributed by atoms with Crippen LogP contribution in [0.5, 0.6) is 0 Å². The van der Waals surface area contributed by atoms with Gasteiger partial charge in [-0.25, -0.2) is 0 Å². The van der Waals surface area contributed by atoms with Gasteiger partial charge in [0.2, 0.25) is 0 Å². The number of aryl methyl sites for hydroxylation is 1. The molecule has 0 unspecified atom stereocenters. The van der Waals surface area contributed by atoms with E-state index in [-0.39, 0.29) is 0 Å². The van der Waals surface area contributed by atoms with Gasteiger partial charge in [0.15, 0.2) is 0 Å². The van der Waals surface area contributed by atoms with Crippen molar-refractivity contribution in [2.45, 2.75) is 71.5 Å². The van der Waals surface area contributed by atoms with Crippen LogP contribution in [-0.2, 0) is 13.1 Å². The highest BCUT2D eigenvalue weighted by molar-refractivity contribution is 5.10. The lowest BCUT2D eigenvalue weighted by atomic mass is 9.84. The van der Waals surface area contributed by atoms with Gasteiger partial charge < -0.3 is 9.88 Å². The van der Waals surface area contributed by atoms with E-state index in [9.17, 15) is 0 Å². The van der Waals surface area contributed by atoms with Gasteiger partial charge in [0, 0.05) is 31.5 Å². The maximum atomic E-state index is 3.71. The van der Waals surface area contributed by atoms with E-state index in [4.69, 9.17) is 0 Å². The smallest absolute Gasteiger partial charge is 0.0223 e. The Kier molecular flexibility index (Phi) is 5.30. The number of nitrogens with one attached hydrogen (secondary N) is 1. The number of hydrogen-bond donors (Lipinski definition) is 1. The maximum absolute atomic E-state index is 3.71. The lowest BCUT2D eigenvalue weighted by molar-refractivity contribution is 0.280. The zero-order valence-corrected chi connectivity index (χ0v) is 12.0. The molecule has 2 rings (SSSR count). The quantitative estimate of drug-likeness (QED) is 0.806. The number of hydrogen-bond acceptors (Lipinski definition) is 1. The molecule has 1 saturated carbocycles. The Bertz CT molecular complexity index is 337. The van der Waals surface area contributed by atoms with Gasteiger partial charge >= 0.3 is 0 Å². The average Bonchev–Trinajstić information content (AvgIpc) is 2.85. The van der Waals surface area contributed by atoms with Crippen molar-refractivity contribution in [1.29, 1.82) is 0 Å². The summed E-state index contributed by atoms with van der Waals surface area (Å²) in [4.78, 5) is 0. The van der Waals surface area contributed by atoms with Crippen LogP contribution in [0.4, 0.5) is 0 Å². The van der Waals surface area contributed by atoms with Crippen molar-refractivity contribution < 1.29 is 0 Å². The third-order valence-corrected chi connectivity index (χ3v) is 4.28. The highest BCUT2D eigenvalue weighted by Gasteiger charge is 2.19. The van der Waals surface area contributed by atoms with Crippen molar-refractivity contribution in [3.8, 4) is 0 Å². The molecule has 0 amide bonds. The number of rotatable bonds is 6. The SMILES string of the molecule is CCCn1ccc(CN[C@H](C)C2CCCCC2)c1. The van der Waals surface area contributed by atoms with Crippen LogP contribution in [0.3, 0.4) is 0 Å². The second-order valence-electron chi connectivity index (χ2n) is 5.83. The molecule has 1 heterocycles. The van der Waals surface area contributed by atoms with Crippen molar-refractivity contribution in [2.24, 2.45) is 5.92 Å². The van der Waals surface area contributed by atoms with Gasteiger partial charge in [-0.05, 0) is 43.7 Å². The molecule has 1 aromatic heterocycles. The van der Waals surface area contributed by atoms with Crippen LogP contribution < -0.4 is 5.32 Å². The van der Waals surface area contributed by atoms with Gasteiger partial charge in [0.1, 0.15) is 0 Å². The zero-order valence-electron chi connectivity index (χ0n) is 12.0. The molecule has 1 fully saturated rings.